The molecule has 0 atom stereocenters. The molecule has 0 radical (unpaired) electrons. The normalized spacial score (nSPS) is 19.1. The smallest absolute Gasteiger partial charge is 0.145 e. The minimum Gasteiger partial charge on any atom is -0.496 e. The van der Waals surface area contributed by atoms with E-state index >= 15 is 0 Å². The molecule has 0 amide bonds. The van der Waals surface area contributed by atoms with Crippen LogP contribution in [0, 0.1) is 5.82 Å². The first kappa shape index (κ1) is 12.7. The van der Waals surface area contributed by atoms with Crippen molar-refractivity contribution in [3.8, 4) is 5.75 Å². The van der Waals surface area contributed by atoms with Gasteiger partial charge in [0.2, 0.25) is 0 Å². The summed E-state index contributed by atoms with van der Waals surface area (Å²) >= 11 is 5.84. The SMILES string of the molecule is COc1cc(F)c(Cl)cc1C1(N)CCCCC1. The van der Waals surface area contributed by atoms with Crippen molar-refractivity contribution in [2.45, 2.75) is 37.6 Å². The summed E-state index contributed by atoms with van der Waals surface area (Å²) < 4.78 is 18.6. The Morgan fingerprint density at radius 3 is 2.53 bits per heavy atom. The van der Waals surface area contributed by atoms with Gasteiger partial charge in [0.25, 0.3) is 0 Å². The highest BCUT2D eigenvalue weighted by atomic mass is 35.5. The van der Waals surface area contributed by atoms with Crippen LogP contribution in [0.4, 0.5) is 4.39 Å². The van der Waals surface area contributed by atoms with Gasteiger partial charge in [-0.2, -0.15) is 0 Å². The molecule has 2 N–H and O–H groups in total. The second-order valence-electron chi connectivity index (χ2n) is 4.68. The molecule has 1 aromatic carbocycles. The lowest BCUT2D eigenvalue weighted by Gasteiger charge is -2.35. The first-order chi connectivity index (χ1) is 8.07. The topological polar surface area (TPSA) is 35.2 Å². The van der Waals surface area contributed by atoms with Crippen molar-refractivity contribution in [1.29, 1.82) is 0 Å². The van der Waals surface area contributed by atoms with Crippen LogP contribution in [0.5, 0.6) is 5.75 Å². The summed E-state index contributed by atoms with van der Waals surface area (Å²) in [7, 11) is 1.53. The molecule has 1 aromatic rings. The highest BCUT2D eigenvalue weighted by Gasteiger charge is 2.32. The molecule has 0 spiro atoms. The van der Waals surface area contributed by atoms with Crippen LogP contribution in [0.3, 0.4) is 0 Å². The summed E-state index contributed by atoms with van der Waals surface area (Å²) in [4.78, 5) is 0. The van der Waals surface area contributed by atoms with E-state index in [1.807, 2.05) is 0 Å². The Balaban J connectivity index is 2.45. The molecule has 0 saturated heterocycles. The van der Waals surface area contributed by atoms with E-state index in [1.165, 1.54) is 19.6 Å². The van der Waals surface area contributed by atoms with E-state index < -0.39 is 11.4 Å². The predicted molar refractivity (Wildman–Crippen MR) is 66.9 cm³/mol. The average Bonchev–Trinajstić information content (AvgIpc) is 2.33. The Morgan fingerprint density at radius 2 is 1.94 bits per heavy atom. The van der Waals surface area contributed by atoms with Gasteiger partial charge in [0.15, 0.2) is 0 Å². The molecule has 1 fully saturated rings. The van der Waals surface area contributed by atoms with Gasteiger partial charge >= 0.3 is 0 Å². The second kappa shape index (κ2) is 4.83. The highest BCUT2D eigenvalue weighted by molar-refractivity contribution is 6.30. The number of hydrogen-bond acceptors (Lipinski definition) is 2. The zero-order valence-electron chi connectivity index (χ0n) is 9.93. The van der Waals surface area contributed by atoms with Crippen LogP contribution >= 0.6 is 11.6 Å². The number of methoxy groups -OCH3 is 1. The molecule has 0 unspecified atom stereocenters. The lowest BCUT2D eigenvalue weighted by Crippen LogP contribution is -2.39. The molecule has 0 aromatic heterocycles. The maximum absolute atomic E-state index is 13.4. The van der Waals surface area contributed by atoms with E-state index in [-0.39, 0.29) is 5.02 Å². The lowest BCUT2D eigenvalue weighted by molar-refractivity contribution is 0.288. The zero-order chi connectivity index (χ0) is 12.5. The standard InChI is InChI=1S/C13H17ClFNO/c1-17-12-8-11(15)10(14)7-9(12)13(16)5-3-2-4-6-13/h7-8H,2-6,16H2,1H3. The quantitative estimate of drug-likeness (QED) is 0.879. The number of benzene rings is 1. The van der Waals surface area contributed by atoms with E-state index in [0.29, 0.717) is 5.75 Å². The van der Waals surface area contributed by atoms with E-state index in [9.17, 15) is 4.39 Å². The second-order valence-corrected chi connectivity index (χ2v) is 5.09. The molecule has 2 nitrogen and oxygen atoms in total. The fourth-order valence-corrected chi connectivity index (χ4v) is 2.70. The number of ether oxygens (including phenoxy) is 1. The Morgan fingerprint density at radius 1 is 1.29 bits per heavy atom. The van der Waals surface area contributed by atoms with E-state index in [1.54, 1.807) is 6.07 Å². The number of rotatable bonds is 2. The largest absolute Gasteiger partial charge is 0.496 e. The molecule has 0 aliphatic heterocycles. The number of halogens is 2. The van der Waals surface area contributed by atoms with Crippen molar-refractivity contribution < 1.29 is 9.13 Å². The Labute approximate surface area is 106 Å². The van der Waals surface area contributed by atoms with Gasteiger partial charge in [0.1, 0.15) is 11.6 Å². The highest BCUT2D eigenvalue weighted by Crippen LogP contribution is 2.40. The maximum Gasteiger partial charge on any atom is 0.145 e. The van der Waals surface area contributed by atoms with Crippen LogP contribution in [0.25, 0.3) is 0 Å². The molecule has 2 rings (SSSR count). The summed E-state index contributed by atoms with van der Waals surface area (Å²) in [6, 6.07) is 2.93. The van der Waals surface area contributed by atoms with E-state index in [2.05, 4.69) is 0 Å². The Kier molecular flexibility index (Phi) is 3.59. The van der Waals surface area contributed by atoms with Gasteiger partial charge < -0.3 is 10.5 Å². The number of nitrogens with two attached hydrogens (primary N) is 1. The van der Waals surface area contributed by atoms with Crippen LogP contribution < -0.4 is 10.5 Å². The molecule has 1 aliphatic rings. The summed E-state index contributed by atoms with van der Waals surface area (Å²) in [5.41, 5.74) is 6.81. The van der Waals surface area contributed by atoms with Gasteiger partial charge in [-0.1, -0.05) is 30.9 Å². The van der Waals surface area contributed by atoms with Gasteiger partial charge in [0, 0.05) is 17.2 Å². The third-order valence-corrected chi connectivity index (χ3v) is 3.81. The fraction of sp³-hybridized carbons (Fsp3) is 0.538. The average molecular weight is 258 g/mol. The van der Waals surface area contributed by atoms with Crippen molar-refractivity contribution >= 4 is 11.6 Å². The van der Waals surface area contributed by atoms with Crippen molar-refractivity contribution in [3.05, 3.63) is 28.5 Å². The third kappa shape index (κ3) is 2.40. The zero-order valence-corrected chi connectivity index (χ0v) is 10.7. The van der Waals surface area contributed by atoms with Gasteiger partial charge in [0.05, 0.1) is 12.1 Å². The summed E-state index contributed by atoms with van der Waals surface area (Å²) in [5.74, 6) is 0.0305. The van der Waals surface area contributed by atoms with Crippen molar-refractivity contribution in [2.24, 2.45) is 5.73 Å². The molecule has 94 valence electrons. The first-order valence-electron chi connectivity index (χ1n) is 5.89. The monoisotopic (exact) mass is 257 g/mol. The molecule has 1 saturated carbocycles. The van der Waals surface area contributed by atoms with Gasteiger partial charge in [-0.05, 0) is 18.9 Å². The van der Waals surface area contributed by atoms with Gasteiger partial charge in [-0.15, -0.1) is 0 Å². The molecule has 17 heavy (non-hydrogen) atoms. The van der Waals surface area contributed by atoms with Crippen molar-refractivity contribution in [1.82, 2.24) is 0 Å². The van der Waals surface area contributed by atoms with Crippen LogP contribution in [0.2, 0.25) is 5.02 Å². The summed E-state index contributed by atoms with van der Waals surface area (Å²) in [6.45, 7) is 0. The van der Waals surface area contributed by atoms with E-state index in [0.717, 1.165) is 31.2 Å². The summed E-state index contributed by atoms with van der Waals surface area (Å²) in [6.07, 6.45) is 5.18. The number of hydrogen-bond donors (Lipinski definition) is 1. The van der Waals surface area contributed by atoms with Crippen LogP contribution in [0.1, 0.15) is 37.7 Å². The van der Waals surface area contributed by atoms with Gasteiger partial charge in [-0.3, -0.25) is 0 Å². The summed E-state index contributed by atoms with van der Waals surface area (Å²) in [5, 5.41) is 0.108. The first-order valence-corrected chi connectivity index (χ1v) is 6.27. The molecular formula is C13H17ClFNO. The fourth-order valence-electron chi connectivity index (χ4n) is 2.54. The van der Waals surface area contributed by atoms with Crippen LogP contribution in [-0.4, -0.2) is 7.11 Å². The van der Waals surface area contributed by atoms with E-state index in [4.69, 9.17) is 22.1 Å². The third-order valence-electron chi connectivity index (χ3n) is 3.52. The Bertz CT molecular complexity index is 416. The molecule has 0 bridgehead atoms. The van der Waals surface area contributed by atoms with Crippen molar-refractivity contribution in [3.63, 3.8) is 0 Å². The molecule has 4 heteroatoms. The predicted octanol–water partition coefficient (Wildman–Crippen LogP) is 3.61. The lowest BCUT2D eigenvalue weighted by atomic mass is 9.77. The van der Waals surface area contributed by atoms with Crippen molar-refractivity contribution in [2.75, 3.05) is 7.11 Å². The molecular weight excluding hydrogens is 241 g/mol. The van der Waals surface area contributed by atoms with Crippen LogP contribution in [0.15, 0.2) is 12.1 Å². The van der Waals surface area contributed by atoms with Crippen LogP contribution in [-0.2, 0) is 5.54 Å². The molecule has 1 aliphatic carbocycles. The minimum absolute atomic E-state index is 0.108. The molecule has 0 heterocycles. The maximum atomic E-state index is 13.4. The Hall–Kier alpha value is -0.800. The van der Waals surface area contributed by atoms with Gasteiger partial charge in [-0.25, -0.2) is 4.39 Å². The minimum atomic E-state index is -0.466.